The summed E-state index contributed by atoms with van der Waals surface area (Å²) in [7, 11) is 0. The largest absolute Gasteiger partial charge is 0.476 e. The highest BCUT2D eigenvalue weighted by atomic mass is 35.5. The number of likely N-dealkylation sites (tertiary alicyclic amines) is 1. The maximum atomic E-state index is 12.4. The molecule has 22 heavy (non-hydrogen) atoms. The minimum Gasteiger partial charge on any atom is -0.476 e. The molecule has 0 aliphatic carbocycles. The van der Waals surface area contributed by atoms with Gasteiger partial charge in [-0.25, -0.2) is 0 Å². The van der Waals surface area contributed by atoms with Crippen LogP contribution in [0, 0.1) is 12.8 Å². The standard InChI is InChI=1S/C16H16ClN3O2/c1-11-4-2-3-5-13(11)16(21)20-8-12(9-20)10-22-15-7-18-6-14(17)19-15/h2-7,12H,8-10H2,1H3. The lowest BCUT2D eigenvalue weighted by atomic mass is 9.98. The zero-order chi connectivity index (χ0) is 15.5. The number of nitrogens with zero attached hydrogens (tertiary/aromatic N) is 3. The number of amides is 1. The zero-order valence-electron chi connectivity index (χ0n) is 12.2. The molecular formula is C16H16ClN3O2. The van der Waals surface area contributed by atoms with Gasteiger partial charge in [-0.2, -0.15) is 4.98 Å². The van der Waals surface area contributed by atoms with Crippen LogP contribution in [0.15, 0.2) is 36.7 Å². The molecule has 0 N–H and O–H groups in total. The van der Waals surface area contributed by atoms with Crippen molar-refractivity contribution >= 4 is 17.5 Å². The summed E-state index contributed by atoms with van der Waals surface area (Å²) in [5.41, 5.74) is 1.77. The van der Waals surface area contributed by atoms with Crippen molar-refractivity contribution < 1.29 is 9.53 Å². The van der Waals surface area contributed by atoms with E-state index >= 15 is 0 Å². The van der Waals surface area contributed by atoms with Gasteiger partial charge in [0.15, 0.2) is 5.15 Å². The highest BCUT2D eigenvalue weighted by molar-refractivity contribution is 6.29. The Morgan fingerprint density at radius 1 is 1.36 bits per heavy atom. The Balaban J connectivity index is 1.50. The van der Waals surface area contributed by atoms with Crippen LogP contribution >= 0.6 is 11.6 Å². The molecule has 0 saturated carbocycles. The molecule has 114 valence electrons. The number of rotatable bonds is 4. The SMILES string of the molecule is Cc1ccccc1C(=O)N1CC(COc2cncc(Cl)n2)C1. The van der Waals surface area contributed by atoms with Crippen molar-refractivity contribution in [3.05, 3.63) is 52.9 Å². The van der Waals surface area contributed by atoms with Gasteiger partial charge < -0.3 is 9.64 Å². The van der Waals surface area contributed by atoms with E-state index in [1.54, 1.807) is 0 Å². The third-order valence-corrected chi connectivity index (χ3v) is 3.85. The number of carbonyl (C=O) groups excluding carboxylic acids is 1. The van der Waals surface area contributed by atoms with E-state index in [0.717, 1.165) is 11.1 Å². The molecule has 6 heteroatoms. The van der Waals surface area contributed by atoms with E-state index in [-0.39, 0.29) is 5.91 Å². The average molecular weight is 318 g/mol. The second-order valence-electron chi connectivity index (χ2n) is 5.38. The van der Waals surface area contributed by atoms with Crippen molar-refractivity contribution in [2.24, 2.45) is 5.92 Å². The highest BCUT2D eigenvalue weighted by Gasteiger charge is 2.32. The summed E-state index contributed by atoms with van der Waals surface area (Å²) in [5, 5.41) is 0.308. The number of hydrogen-bond donors (Lipinski definition) is 0. The summed E-state index contributed by atoms with van der Waals surface area (Å²) in [6, 6.07) is 7.64. The van der Waals surface area contributed by atoms with Crippen LogP contribution in [-0.2, 0) is 0 Å². The van der Waals surface area contributed by atoms with Gasteiger partial charge in [0.05, 0.1) is 19.0 Å². The minimum absolute atomic E-state index is 0.0805. The first-order chi connectivity index (χ1) is 10.6. The molecule has 1 aliphatic rings. The lowest BCUT2D eigenvalue weighted by molar-refractivity contribution is 0.0387. The van der Waals surface area contributed by atoms with E-state index < -0.39 is 0 Å². The zero-order valence-corrected chi connectivity index (χ0v) is 13.0. The second-order valence-corrected chi connectivity index (χ2v) is 5.77. The van der Waals surface area contributed by atoms with E-state index in [2.05, 4.69) is 9.97 Å². The monoisotopic (exact) mass is 317 g/mol. The minimum atomic E-state index is 0.0805. The predicted molar refractivity (Wildman–Crippen MR) is 83.1 cm³/mol. The normalized spacial score (nSPS) is 14.5. The second kappa shape index (κ2) is 6.32. The Morgan fingerprint density at radius 3 is 2.86 bits per heavy atom. The van der Waals surface area contributed by atoms with Gasteiger partial charge in [0.1, 0.15) is 0 Å². The summed E-state index contributed by atoms with van der Waals surface area (Å²) < 4.78 is 5.55. The number of ether oxygens (including phenoxy) is 1. The molecule has 1 aliphatic heterocycles. The molecule has 2 aromatic rings. The summed E-state index contributed by atoms with van der Waals surface area (Å²) in [4.78, 5) is 22.1. The maximum Gasteiger partial charge on any atom is 0.254 e. The summed E-state index contributed by atoms with van der Waals surface area (Å²) in [6.45, 7) is 3.85. The summed E-state index contributed by atoms with van der Waals surface area (Å²) in [6.07, 6.45) is 2.99. The number of benzene rings is 1. The molecule has 0 atom stereocenters. The maximum absolute atomic E-state index is 12.4. The molecule has 0 radical (unpaired) electrons. The Bertz CT molecular complexity index is 687. The lowest BCUT2D eigenvalue weighted by Crippen LogP contribution is -2.52. The number of aryl methyl sites for hydroxylation is 1. The van der Waals surface area contributed by atoms with Gasteiger partial charge in [-0.3, -0.25) is 9.78 Å². The molecule has 3 rings (SSSR count). The first-order valence-corrected chi connectivity index (χ1v) is 7.46. The van der Waals surface area contributed by atoms with Crippen LogP contribution in [0.1, 0.15) is 15.9 Å². The van der Waals surface area contributed by atoms with Crippen LogP contribution in [0.3, 0.4) is 0 Å². The van der Waals surface area contributed by atoms with Gasteiger partial charge in [-0.05, 0) is 18.6 Å². The van der Waals surface area contributed by atoms with Crippen LogP contribution in [0.25, 0.3) is 0 Å². The van der Waals surface area contributed by atoms with Crippen LogP contribution in [-0.4, -0.2) is 40.5 Å². The number of carbonyl (C=O) groups is 1. The van der Waals surface area contributed by atoms with Crippen LogP contribution < -0.4 is 4.74 Å². The van der Waals surface area contributed by atoms with Crippen LogP contribution in [0.4, 0.5) is 0 Å². The van der Waals surface area contributed by atoms with Gasteiger partial charge in [0, 0.05) is 24.6 Å². The first-order valence-electron chi connectivity index (χ1n) is 7.09. The Kier molecular flexibility index (Phi) is 4.24. The summed E-state index contributed by atoms with van der Waals surface area (Å²) >= 11 is 5.75. The highest BCUT2D eigenvalue weighted by Crippen LogP contribution is 2.21. The van der Waals surface area contributed by atoms with Crippen molar-refractivity contribution in [1.29, 1.82) is 0 Å². The fourth-order valence-corrected chi connectivity index (χ4v) is 2.56. The van der Waals surface area contributed by atoms with Crippen molar-refractivity contribution in [3.63, 3.8) is 0 Å². The molecule has 0 unspecified atom stereocenters. The number of aromatic nitrogens is 2. The molecule has 1 aromatic carbocycles. The Labute approximate surface area is 133 Å². The number of halogens is 1. The number of hydrogen-bond acceptors (Lipinski definition) is 4. The third-order valence-electron chi connectivity index (χ3n) is 3.67. The first kappa shape index (κ1) is 14.8. The van der Waals surface area contributed by atoms with Gasteiger partial charge in [0.2, 0.25) is 5.88 Å². The van der Waals surface area contributed by atoms with Gasteiger partial charge in [-0.1, -0.05) is 29.8 Å². The molecule has 2 heterocycles. The van der Waals surface area contributed by atoms with E-state index in [1.165, 1.54) is 12.4 Å². The van der Waals surface area contributed by atoms with Crippen molar-refractivity contribution in [2.75, 3.05) is 19.7 Å². The van der Waals surface area contributed by atoms with Gasteiger partial charge in [0.25, 0.3) is 5.91 Å². The molecule has 5 nitrogen and oxygen atoms in total. The van der Waals surface area contributed by atoms with E-state index in [1.807, 2.05) is 36.1 Å². The lowest BCUT2D eigenvalue weighted by Gasteiger charge is -2.39. The van der Waals surface area contributed by atoms with Crippen LogP contribution in [0.2, 0.25) is 5.15 Å². The molecule has 1 fully saturated rings. The predicted octanol–water partition coefficient (Wildman–Crippen LogP) is 2.59. The molecule has 0 bridgehead atoms. The van der Waals surface area contributed by atoms with Crippen molar-refractivity contribution in [1.82, 2.24) is 14.9 Å². The molecule has 0 spiro atoms. The van der Waals surface area contributed by atoms with Crippen LogP contribution in [0.5, 0.6) is 5.88 Å². The van der Waals surface area contributed by atoms with E-state index in [9.17, 15) is 4.79 Å². The fourth-order valence-electron chi connectivity index (χ4n) is 2.42. The smallest absolute Gasteiger partial charge is 0.254 e. The third kappa shape index (κ3) is 3.20. The molecule has 1 aromatic heterocycles. The van der Waals surface area contributed by atoms with Gasteiger partial charge in [-0.15, -0.1) is 0 Å². The quantitative estimate of drug-likeness (QED) is 0.869. The van der Waals surface area contributed by atoms with Gasteiger partial charge >= 0.3 is 0 Å². The molecular weight excluding hydrogens is 302 g/mol. The Morgan fingerprint density at radius 2 is 2.14 bits per heavy atom. The van der Waals surface area contributed by atoms with Crippen molar-refractivity contribution in [2.45, 2.75) is 6.92 Å². The van der Waals surface area contributed by atoms with Crippen molar-refractivity contribution in [3.8, 4) is 5.88 Å². The summed E-state index contributed by atoms with van der Waals surface area (Å²) in [5.74, 6) is 0.807. The molecule has 1 amide bonds. The van der Waals surface area contributed by atoms with E-state index in [0.29, 0.717) is 36.6 Å². The Hall–Kier alpha value is -2.14. The fraction of sp³-hybridized carbons (Fsp3) is 0.312. The average Bonchev–Trinajstić information content (AvgIpc) is 2.46. The molecule has 1 saturated heterocycles. The topological polar surface area (TPSA) is 55.3 Å². The van der Waals surface area contributed by atoms with E-state index in [4.69, 9.17) is 16.3 Å².